The second kappa shape index (κ2) is 6.41. The summed E-state index contributed by atoms with van der Waals surface area (Å²) in [5, 5.41) is 0.730. The van der Waals surface area contributed by atoms with Gasteiger partial charge in [-0.1, -0.05) is 17.7 Å². The maximum atomic E-state index is 13.0. The second-order valence-corrected chi connectivity index (χ2v) is 8.44. The van der Waals surface area contributed by atoms with Gasteiger partial charge in [-0.2, -0.15) is 0 Å². The molecule has 1 unspecified atom stereocenters. The Balaban J connectivity index is 1.43. The van der Waals surface area contributed by atoms with Crippen LogP contribution in [0.1, 0.15) is 30.9 Å². The van der Waals surface area contributed by atoms with Crippen molar-refractivity contribution < 1.29 is 4.79 Å². The molecular weight excluding hydrogens is 340 g/mol. The quantitative estimate of drug-likeness (QED) is 0.813. The number of hydrogen-bond acceptors (Lipinski definition) is 3. The van der Waals surface area contributed by atoms with Crippen LogP contribution in [0.5, 0.6) is 0 Å². The summed E-state index contributed by atoms with van der Waals surface area (Å²) in [7, 11) is 0. The maximum Gasteiger partial charge on any atom is 0.239 e. The van der Waals surface area contributed by atoms with Gasteiger partial charge in [-0.05, 0) is 55.7 Å². The van der Waals surface area contributed by atoms with Crippen LogP contribution in [0.3, 0.4) is 0 Å². The number of pyridine rings is 1. The highest BCUT2D eigenvalue weighted by atomic mass is 35.5. The van der Waals surface area contributed by atoms with E-state index in [9.17, 15) is 4.79 Å². The zero-order valence-corrected chi connectivity index (χ0v) is 14.9. The van der Waals surface area contributed by atoms with Crippen LogP contribution < -0.4 is 0 Å². The van der Waals surface area contributed by atoms with E-state index in [1.54, 1.807) is 11.8 Å². The predicted octanol–water partition coefficient (Wildman–Crippen LogP) is 4.38. The summed E-state index contributed by atoms with van der Waals surface area (Å²) in [6.45, 7) is 1.63. The molecule has 24 heavy (non-hydrogen) atoms. The van der Waals surface area contributed by atoms with E-state index in [0.29, 0.717) is 11.8 Å². The first-order valence-electron chi connectivity index (χ1n) is 8.31. The molecule has 3 nitrogen and oxygen atoms in total. The van der Waals surface area contributed by atoms with Crippen LogP contribution in [0.2, 0.25) is 5.02 Å². The molecule has 1 atom stereocenters. The summed E-state index contributed by atoms with van der Waals surface area (Å²) in [5.41, 5.74) is 1.10. The van der Waals surface area contributed by atoms with Crippen molar-refractivity contribution in [2.45, 2.75) is 34.8 Å². The average Bonchev–Trinajstić information content (AvgIpc) is 3.22. The van der Waals surface area contributed by atoms with E-state index in [1.165, 1.54) is 0 Å². The van der Waals surface area contributed by atoms with Crippen molar-refractivity contribution in [1.82, 2.24) is 9.88 Å². The molecule has 0 N–H and O–H groups in total. The van der Waals surface area contributed by atoms with Gasteiger partial charge in [0.2, 0.25) is 5.91 Å². The molecule has 1 aromatic heterocycles. The number of likely N-dealkylation sites (tertiary alicyclic amines) is 1. The number of nitrogens with zero attached hydrogens (tertiary/aromatic N) is 2. The van der Waals surface area contributed by atoms with Crippen LogP contribution >= 0.6 is 23.4 Å². The fraction of sp³-hybridized carbons (Fsp3) is 0.368. The first kappa shape index (κ1) is 16.0. The normalized spacial score (nSPS) is 21.7. The molecule has 0 bridgehead atoms. The summed E-state index contributed by atoms with van der Waals surface area (Å²) in [6.07, 6.45) is 4.76. The molecule has 1 aliphatic heterocycles. The molecular formula is C19H19ClN2OS. The van der Waals surface area contributed by atoms with Gasteiger partial charge < -0.3 is 4.90 Å². The lowest BCUT2D eigenvalue weighted by molar-refractivity contribution is -0.130. The second-order valence-electron chi connectivity index (χ2n) is 6.54. The van der Waals surface area contributed by atoms with Crippen molar-refractivity contribution >= 4 is 29.3 Å². The smallest absolute Gasteiger partial charge is 0.239 e. The van der Waals surface area contributed by atoms with Gasteiger partial charge >= 0.3 is 0 Å². The highest BCUT2D eigenvalue weighted by Crippen LogP contribution is 2.53. The van der Waals surface area contributed by atoms with Crippen LogP contribution in [0, 0.1) is 0 Å². The molecule has 2 aromatic rings. The van der Waals surface area contributed by atoms with Gasteiger partial charge in [-0.25, -0.2) is 0 Å². The van der Waals surface area contributed by atoms with E-state index < -0.39 is 0 Å². The van der Waals surface area contributed by atoms with Gasteiger partial charge in [0.05, 0.1) is 4.75 Å². The summed E-state index contributed by atoms with van der Waals surface area (Å²) in [6, 6.07) is 13.8. The molecule has 1 aromatic carbocycles. The van der Waals surface area contributed by atoms with Crippen molar-refractivity contribution in [1.29, 1.82) is 0 Å². The van der Waals surface area contributed by atoms with Gasteiger partial charge in [-0.3, -0.25) is 9.78 Å². The van der Waals surface area contributed by atoms with Gasteiger partial charge in [0, 0.05) is 40.8 Å². The van der Waals surface area contributed by atoms with Gasteiger partial charge in [-0.15, -0.1) is 11.8 Å². The summed E-state index contributed by atoms with van der Waals surface area (Å²) < 4.78 is -0.257. The third-order valence-corrected chi connectivity index (χ3v) is 6.54. The van der Waals surface area contributed by atoms with Crippen molar-refractivity contribution in [3.63, 3.8) is 0 Å². The summed E-state index contributed by atoms with van der Waals surface area (Å²) in [5.74, 6) is 0.660. The van der Waals surface area contributed by atoms with Crippen LogP contribution in [-0.4, -0.2) is 33.6 Å². The Labute approximate surface area is 151 Å². The lowest BCUT2D eigenvalue weighted by atomic mass is 10.0. The van der Waals surface area contributed by atoms with Crippen LogP contribution in [0.25, 0.3) is 0 Å². The van der Waals surface area contributed by atoms with E-state index in [4.69, 9.17) is 11.6 Å². The van der Waals surface area contributed by atoms with Crippen molar-refractivity contribution in [2.24, 2.45) is 0 Å². The van der Waals surface area contributed by atoms with E-state index in [-0.39, 0.29) is 4.75 Å². The van der Waals surface area contributed by atoms with Gasteiger partial charge in [0.15, 0.2) is 0 Å². The summed E-state index contributed by atoms with van der Waals surface area (Å²) in [4.78, 5) is 20.6. The molecule has 2 aliphatic rings. The molecule has 0 radical (unpaired) electrons. The zero-order valence-electron chi connectivity index (χ0n) is 13.3. The summed E-state index contributed by atoms with van der Waals surface area (Å²) >= 11 is 7.64. The number of aromatic nitrogens is 1. The fourth-order valence-corrected chi connectivity index (χ4v) is 4.67. The monoisotopic (exact) mass is 358 g/mol. The number of thioether (sulfide) groups is 1. The minimum Gasteiger partial charge on any atom is -0.341 e. The lowest BCUT2D eigenvalue weighted by Crippen LogP contribution is -2.37. The van der Waals surface area contributed by atoms with Crippen molar-refractivity contribution in [3.05, 3.63) is 59.4 Å². The Morgan fingerprint density at radius 3 is 2.67 bits per heavy atom. The Bertz CT molecular complexity index is 731. The minimum absolute atomic E-state index is 0.257. The topological polar surface area (TPSA) is 33.2 Å². The van der Waals surface area contributed by atoms with Gasteiger partial charge in [0.1, 0.15) is 0 Å². The highest BCUT2D eigenvalue weighted by molar-refractivity contribution is 8.01. The molecule has 1 amide bonds. The number of hydrogen-bond donors (Lipinski definition) is 0. The number of benzene rings is 1. The molecule has 1 saturated carbocycles. The molecule has 2 heterocycles. The van der Waals surface area contributed by atoms with Crippen LogP contribution in [-0.2, 0) is 4.79 Å². The van der Waals surface area contributed by atoms with E-state index >= 15 is 0 Å². The standard InChI is InChI=1S/C19H19ClN2OS/c20-15-4-6-16(7-5-15)24-19(9-10-19)18(23)22-12-8-14(13-22)17-3-1-2-11-21-17/h1-7,11,14H,8-10,12-13H2. The molecule has 2 fully saturated rings. The molecule has 1 saturated heterocycles. The van der Waals surface area contributed by atoms with E-state index in [0.717, 1.165) is 48.0 Å². The van der Waals surface area contributed by atoms with E-state index in [2.05, 4.69) is 11.1 Å². The number of halogens is 1. The SMILES string of the molecule is O=C(N1CCC(c2ccccn2)C1)C1(Sc2ccc(Cl)cc2)CC1. The Morgan fingerprint density at radius 2 is 2.00 bits per heavy atom. The maximum absolute atomic E-state index is 13.0. The number of carbonyl (C=O) groups excluding carboxylic acids is 1. The molecule has 124 valence electrons. The molecule has 4 rings (SSSR count). The van der Waals surface area contributed by atoms with Crippen LogP contribution in [0.4, 0.5) is 0 Å². The number of carbonyl (C=O) groups is 1. The van der Waals surface area contributed by atoms with Gasteiger partial charge in [0.25, 0.3) is 0 Å². The average molecular weight is 359 g/mol. The Hall–Kier alpha value is -1.52. The largest absolute Gasteiger partial charge is 0.341 e. The number of rotatable bonds is 4. The van der Waals surface area contributed by atoms with E-state index in [1.807, 2.05) is 47.5 Å². The van der Waals surface area contributed by atoms with Crippen molar-refractivity contribution in [2.75, 3.05) is 13.1 Å². The molecule has 5 heteroatoms. The third-order valence-electron chi connectivity index (χ3n) is 4.80. The highest BCUT2D eigenvalue weighted by Gasteiger charge is 2.53. The Morgan fingerprint density at radius 1 is 1.21 bits per heavy atom. The predicted molar refractivity (Wildman–Crippen MR) is 97.4 cm³/mol. The Kier molecular flexibility index (Phi) is 4.27. The number of amides is 1. The fourth-order valence-electron chi connectivity index (χ4n) is 3.29. The molecule has 0 spiro atoms. The molecule has 1 aliphatic carbocycles. The first-order valence-corrected chi connectivity index (χ1v) is 9.51. The zero-order chi connectivity index (χ0) is 16.6. The van der Waals surface area contributed by atoms with Crippen molar-refractivity contribution in [3.8, 4) is 0 Å². The lowest BCUT2D eigenvalue weighted by Gasteiger charge is -2.23. The first-order chi connectivity index (χ1) is 11.7. The minimum atomic E-state index is -0.257. The van der Waals surface area contributed by atoms with Crippen LogP contribution in [0.15, 0.2) is 53.6 Å². The third kappa shape index (κ3) is 3.17.